The number of benzene rings is 1. The van der Waals surface area contributed by atoms with Crippen molar-refractivity contribution in [1.29, 1.82) is 0 Å². The number of hydrogen-bond donors (Lipinski definition) is 2. The smallest absolute Gasteiger partial charge is 0.240 e. The maximum Gasteiger partial charge on any atom is 0.240 e. The molecule has 2 rings (SSSR count). The van der Waals surface area contributed by atoms with Gasteiger partial charge in [0.1, 0.15) is 5.75 Å². The van der Waals surface area contributed by atoms with E-state index >= 15 is 0 Å². The topological polar surface area (TPSA) is 79.3 Å². The summed E-state index contributed by atoms with van der Waals surface area (Å²) in [4.78, 5) is 3.97. The molecule has 1 aromatic heterocycles. The molecule has 0 amide bonds. The molecule has 18 heavy (non-hydrogen) atoms. The number of nitrogens with one attached hydrogen (secondary N) is 1. The van der Waals surface area contributed by atoms with Crippen LogP contribution in [0.5, 0.6) is 5.75 Å². The summed E-state index contributed by atoms with van der Waals surface area (Å²) in [6.07, 6.45) is 3.20. The van der Waals surface area contributed by atoms with Gasteiger partial charge in [-0.3, -0.25) is 4.98 Å². The second-order valence-corrected chi connectivity index (χ2v) is 5.44. The third-order valence-electron chi connectivity index (χ3n) is 2.36. The Labute approximate surface area is 105 Å². The van der Waals surface area contributed by atoms with Crippen LogP contribution in [0.2, 0.25) is 0 Å². The van der Waals surface area contributed by atoms with Crippen LogP contribution in [0.3, 0.4) is 0 Å². The van der Waals surface area contributed by atoms with Gasteiger partial charge in [-0.15, -0.1) is 0 Å². The van der Waals surface area contributed by atoms with Gasteiger partial charge < -0.3 is 5.11 Å². The van der Waals surface area contributed by atoms with Gasteiger partial charge in [-0.05, 0) is 42.0 Å². The van der Waals surface area contributed by atoms with Gasteiger partial charge in [0.2, 0.25) is 10.0 Å². The van der Waals surface area contributed by atoms with Crippen molar-refractivity contribution >= 4 is 10.0 Å². The van der Waals surface area contributed by atoms with E-state index in [4.69, 9.17) is 5.11 Å². The maximum absolute atomic E-state index is 11.9. The summed E-state index contributed by atoms with van der Waals surface area (Å²) in [7, 11) is -3.56. The number of phenolic OH excluding ortho intramolecular Hbond substituents is 1. The molecule has 0 unspecified atom stereocenters. The summed E-state index contributed by atoms with van der Waals surface area (Å²) in [6.45, 7) is 0.200. The lowest BCUT2D eigenvalue weighted by Gasteiger charge is -2.06. The first kappa shape index (κ1) is 12.5. The lowest BCUT2D eigenvalue weighted by Crippen LogP contribution is -2.23. The van der Waals surface area contributed by atoms with Crippen LogP contribution in [0.4, 0.5) is 0 Å². The molecule has 1 heterocycles. The Balaban J connectivity index is 2.11. The predicted octanol–water partition coefficient (Wildman–Crippen LogP) is 1.27. The van der Waals surface area contributed by atoms with Crippen molar-refractivity contribution in [2.45, 2.75) is 11.4 Å². The van der Waals surface area contributed by atoms with Crippen molar-refractivity contribution in [3.8, 4) is 5.75 Å². The van der Waals surface area contributed by atoms with Crippen molar-refractivity contribution in [2.75, 3.05) is 0 Å². The van der Waals surface area contributed by atoms with Crippen LogP contribution in [0.15, 0.2) is 53.7 Å². The van der Waals surface area contributed by atoms with E-state index in [1.165, 1.54) is 24.3 Å². The lowest BCUT2D eigenvalue weighted by molar-refractivity contribution is 0.474. The number of phenols is 1. The van der Waals surface area contributed by atoms with Crippen LogP contribution in [-0.4, -0.2) is 18.5 Å². The Morgan fingerprint density at radius 3 is 2.28 bits per heavy atom. The molecule has 1 aromatic carbocycles. The highest BCUT2D eigenvalue weighted by atomic mass is 32.2. The van der Waals surface area contributed by atoms with Crippen LogP contribution >= 0.6 is 0 Å². The molecule has 0 bridgehead atoms. The van der Waals surface area contributed by atoms with E-state index in [1.807, 2.05) is 0 Å². The molecule has 2 N–H and O–H groups in total. The average Bonchev–Trinajstić information content (AvgIpc) is 2.38. The Hall–Kier alpha value is -1.92. The van der Waals surface area contributed by atoms with Gasteiger partial charge in [0.05, 0.1) is 4.90 Å². The molecule has 0 spiro atoms. The number of aromatic nitrogens is 1. The van der Waals surface area contributed by atoms with E-state index < -0.39 is 10.0 Å². The Bertz CT molecular complexity index is 610. The van der Waals surface area contributed by atoms with Gasteiger partial charge in [0.15, 0.2) is 0 Å². The van der Waals surface area contributed by atoms with Gasteiger partial charge in [-0.1, -0.05) is 0 Å². The van der Waals surface area contributed by atoms with Crippen LogP contribution in [0.25, 0.3) is 0 Å². The molecule has 94 valence electrons. The highest BCUT2D eigenvalue weighted by Crippen LogP contribution is 2.14. The third-order valence-corrected chi connectivity index (χ3v) is 3.78. The van der Waals surface area contributed by atoms with Gasteiger partial charge in [-0.2, -0.15) is 0 Å². The minimum absolute atomic E-state index is 0.0306. The maximum atomic E-state index is 11.9. The van der Waals surface area contributed by atoms with E-state index in [0.29, 0.717) is 0 Å². The number of hydrogen-bond acceptors (Lipinski definition) is 4. The quantitative estimate of drug-likeness (QED) is 0.871. The van der Waals surface area contributed by atoms with Crippen LogP contribution in [0, 0.1) is 0 Å². The molecule has 0 radical (unpaired) electrons. The van der Waals surface area contributed by atoms with Crippen molar-refractivity contribution in [1.82, 2.24) is 9.71 Å². The molecule has 6 heteroatoms. The normalized spacial score (nSPS) is 11.3. The minimum atomic E-state index is -3.56. The highest BCUT2D eigenvalue weighted by Gasteiger charge is 2.13. The standard InChI is InChI=1S/C12H12N2O3S/c15-11-1-3-12(4-2-11)18(16,17)14-9-10-5-7-13-8-6-10/h1-8,14-15H,9H2. The van der Waals surface area contributed by atoms with Crippen LogP contribution < -0.4 is 4.72 Å². The molecule has 0 atom stereocenters. The summed E-state index contributed by atoms with van der Waals surface area (Å²) < 4.78 is 26.3. The van der Waals surface area contributed by atoms with Gasteiger partial charge in [-0.25, -0.2) is 13.1 Å². The van der Waals surface area contributed by atoms with E-state index in [2.05, 4.69) is 9.71 Å². The van der Waals surface area contributed by atoms with Gasteiger partial charge >= 0.3 is 0 Å². The molecule has 0 aliphatic heterocycles. The van der Waals surface area contributed by atoms with E-state index in [-0.39, 0.29) is 17.2 Å². The Kier molecular flexibility index (Phi) is 3.59. The fourth-order valence-electron chi connectivity index (χ4n) is 1.39. The van der Waals surface area contributed by atoms with E-state index in [1.54, 1.807) is 24.5 Å². The van der Waals surface area contributed by atoms with Crippen molar-refractivity contribution < 1.29 is 13.5 Å². The van der Waals surface area contributed by atoms with Crippen molar-refractivity contribution in [3.05, 3.63) is 54.4 Å². The average molecular weight is 264 g/mol. The van der Waals surface area contributed by atoms with Crippen molar-refractivity contribution in [2.24, 2.45) is 0 Å². The number of rotatable bonds is 4. The molecule has 0 saturated carbocycles. The molecular weight excluding hydrogens is 252 g/mol. The molecule has 0 aliphatic carbocycles. The number of nitrogens with zero attached hydrogens (tertiary/aromatic N) is 1. The monoisotopic (exact) mass is 264 g/mol. The molecule has 5 nitrogen and oxygen atoms in total. The predicted molar refractivity (Wildman–Crippen MR) is 66.4 cm³/mol. The summed E-state index contributed by atoms with van der Waals surface area (Å²) in [6, 6.07) is 8.84. The SMILES string of the molecule is O=S(=O)(NCc1ccncc1)c1ccc(O)cc1. The molecule has 0 fully saturated rings. The molecular formula is C12H12N2O3S. The Morgan fingerprint density at radius 2 is 1.67 bits per heavy atom. The van der Waals surface area contributed by atoms with Crippen molar-refractivity contribution in [3.63, 3.8) is 0 Å². The fourth-order valence-corrected chi connectivity index (χ4v) is 2.41. The lowest BCUT2D eigenvalue weighted by atomic mass is 10.3. The second kappa shape index (κ2) is 5.16. The number of sulfonamides is 1. The first-order valence-corrected chi connectivity index (χ1v) is 6.74. The first-order chi connectivity index (χ1) is 8.58. The molecule has 2 aromatic rings. The highest BCUT2D eigenvalue weighted by molar-refractivity contribution is 7.89. The number of aromatic hydroxyl groups is 1. The largest absolute Gasteiger partial charge is 0.508 e. The zero-order valence-corrected chi connectivity index (χ0v) is 10.3. The zero-order valence-electron chi connectivity index (χ0n) is 9.45. The van der Waals surface area contributed by atoms with Gasteiger partial charge in [0, 0.05) is 18.9 Å². The molecule has 0 saturated heterocycles. The summed E-state index contributed by atoms with van der Waals surface area (Å²) in [5, 5.41) is 9.11. The van der Waals surface area contributed by atoms with Gasteiger partial charge in [0.25, 0.3) is 0 Å². The molecule has 0 aliphatic rings. The van der Waals surface area contributed by atoms with Crippen LogP contribution in [-0.2, 0) is 16.6 Å². The van der Waals surface area contributed by atoms with E-state index in [0.717, 1.165) is 5.56 Å². The van der Waals surface area contributed by atoms with E-state index in [9.17, 15) is 8.42 Å². The first-order valence-electron chi connectivity index (χ1n) is 5.25. The summed E-state index contributed by atoms with van der Waals surface area (Å²) >= 11 is 0. The second-order valence-electron chi connectivity index (χ2n) is 3.67. The summed E-state index contributed by atoms with van der Waals surface area (Å²) in [5.41, 5.74) is 0.826. The number of pyridine rings is 1. The van der Waals surface area contributed by atoms with Crippen LogP contribution in [0.1, 0.15) is 5.56 Å². The fraction of sp³-hybridized carbons (Fsp3) is 0.0833. The zero-order chi connectivity index (χ0) is 13.0. The summed E-state index contributed by atoms with van der Waals surface area (Å²) in [5.74, 6) is 0.0306. The third kappa shape index (κ3) is 3.06. The minimum Gasteiger partial charge on any atom is -0.508 e. The Morgan fingerprint density at radius 1 is 1.06 bits per heavy atom.